The number of thioether (sulfide) groups is 1. The van der Waals surface area contributed by atoms with E-state index in [1.54, 1.807) is 12.1 Å². The topological polar surface area (TPSA) is 107 Å². The van der Waals surface area contributed by atoms with Crippen LogP contribution in [-0.2, 0) is 11.3 Å². The van der Waals surface area contributed by atoms with E-state index in [0.717, 1.165) is 31.6 Å². The lowest BCUT2D eigenvalue weighted by atomic mass is 10.2. The van der Waals surface area contributed by atoms with Crippen molar-refractivity contribution in [1.82, 2.24) is 14.8 Å². The van der Waals surface area contributed by atoms with Crippen LogP contribution in [0.1, 0.15) is 45.0 Å². The highest BCUT2D eigenvalue weighted by atomic mass is 32.2. The molecule has 0 unspecified atom stereocenters. The van der Waals surface area contributed by atoms with E-state index < -0.39 is 4.92 Å². The molecule has 0 aliphatic heterocycles. The van der Waals surface area contributed by atoms with Gasteiger partial charge in [0.2, 0.25) is 5.91 Å². The second kappa shape index (κ2) is 10.9. The van der Waals surface area contributed by atoms with Gasteiger partial charge in [0.15, 0.2) is 11.0 Å². The average molecular weight is 422 g/mol. The summed E-state index contributed by atoms with van der Waals surface area (Å²) in [4.78, 5) is 24.2. The third-order valence-electron chi connectivity index (χ3n) is 4.60. The van der Waals surface area contributed by atoms with Gasteiger partial charge in [-0.15, -0.1) is 10.2 Å². The lowest BCUT2D eigenvalue weighted by molar-refractivity contribution is -0.893. The molecule has 1 amide bonds. The zero-order chi connectivity index (χ0) is 21.4. The van der Waals surface area contributed by atoms with Gasteiger partial charge in [0.05, 0.1) is 24.8 Å². The van der Waals surface area contributed by atoms with Crippen molar-refractivity contribution >= 4 is 29.0 Å². The monoisotopic (exact) mass is 421 g/mol. The van der Waals surface area contributed by atoms with Crippen LogP contribution in [0.25, 0.3) is 0 Å². The summed E-state index contributed by atoms with van der Waals surface area (Å²) < 4.78 is 2.10. The molecule has 0 radical (unpaired) electrons. The normalized spacial score (nSPS) is 12.2. The van der Waals surface area contributed by atoms with Gasteiger partial charge in [0.25, 0.3) is 5.69 Å². The second-order valence-electron chi connectivity index (χ2n) is 7.00. The number of nitrogens with zero attached hydrogens (tertiary/aromatic N) is 4. The Balaban J connectivity index is 2.12. The van der Waals surface area contributed by atoms with E-state index in [0.29, 0.717) is 5.16 Å². The third kappa shape index (κ3) is 6.01. The van der Waals surface area contributed by atoms with E-state index in [1.807, 2.05) is 0 Å². The van der Waals surface area contributed by atoms with E-state index in [9.17, 15) is 14.9 Å². The number of nitro groups is 1. The molecule has 9 nitrogen and oxygen atoms in total. The first kappa shape index (κ1) is 22.8. The molecule has 10 heteroatoms. The minimum atomic E-state index is -0.509. The molecule has 0 fully saturated rings. The Morgan fingerprint density at radius 2 is 2.03 bits per heavy atom. The van der Waals surface area contributed by atoms with Crippen LogP contribution in [0, 0.1) is 10.1 Å². The molecule has 0 spiro atoms. The van der Waals surface area contributed by atoms with Gasteiger partial charge >= 0.3 is 0 Å². The predicted molar refractivity (Wildman–Crippen MR) is 113 cm³/mol. The van der Waals surface area contributed by atoms with Gasteiger partial charge in [-0.05, 0) is 12.5 Å². The van der Waals surface area contributed by atoms with Gasteiger partial charge in [0, 0.05) is 19.0 Å². The molecule has 0 saturated heterocycles. The molecule has 1 aromatic carbocycles. The zero-order valence-corrected chi connectivity index (χ0v) is 18.2. The first-order valence-corrected chi connectivity index (χ1v) is 10.8. The minimum absolute atomic E-state index is 0.0991. The van der Waals surface area contributed by atoms with Crippen LogP contribution in [0.15, 0.2) is 29.4 Å². The number of nitrogens with one attached hydrogen (secondary N) is 2. The fourth-order valence-electron chi connectivity index (χ4n) is 3.09. The summed E-state index contributed by atoms with van der Waals surface area (Å²) in [5.74, 6) is 0.714. The SMILES string of the molecule is CCCCn1c(SCC(=O)Nc2ccccc2[N+](=O)[O-])nnc1[C@@H](CC)[NH+](C)C. The molecule has 0 aliphatic rings. The van der Waals surface area contributed by atoms with Crippen LogP contribution in [0.2, 0.25) is 0 Å². The second-order valence-corrected chi connectivity index (χ2v) is 7.94. The molecule has 2 N–H and O–H groups in total. The number of anilines is 1. The quantitative estimate of drug-likeness (QED) is 0.328. The van der Waals surface area contributed by atoms with Crippen LogP contribution in [0.5, 0.6) is 0 Å². The van der Waals surface area contributed by atoms with Crippen LogP contribution < -0.4 is 10.2 Å². The number of nitro benzene ring substituents is 1. The molecule has 29 heavy (non-hydrogen) atoms. The molecular formula is C19H29N6O3S+. The van der Waals surface area contributed by atoms with Gasteiger partial charge in [-0.2, -0.15) is 0 Å². The third-order valence-corrected chi connectivity index (χ3v) is 5.57. The Hall–Kier alpha value is -2.46. The van der Waals surface area contributed by atoms with Crippen molar-refractivity contribution in [2.75, 3.05) is 25.2 Å². The van der Waals surface area contributed by atoms with E-state index in [-0.39, 0.29) is 29.1 Å². The van der Waals surface area contributed by atoms with E-state index in [2.05, 4.69) is 48.0 Å². The lowest BCUT2D eigenvalue weighted by Gasteiger charge is -2.20. The Morgan fingerprint density at radius 1 is 1.31 bits per heavy atom. The highest BCUT2D eigenvalue weighted by Gasteiger charge is 2.25. The summed E-state index contributed by atoms with van der Waals surface area (Å²) in [7, 11) is 4.19. The number of benzene rings is 1. The number of para-hydroxylation sites is 2. The number of aromatic nitrogens is 3. The Kier molecular flexibility index (Phi) is 8.59. The molecule has 158 valence electrons. The van der Waals surface area contributed by atoms with Crippen molar-refractivity contribution in [2.45, 2.75) is 50.9 Å². The fraction of sp³-hybridized carbons (Fsp3) is 0.526. The highest BCUT2D eigenvalue weighted by Crippen LogP contribution is 2.25. The summed E-state index contributed by atoms with van der Waals surface area (Å²) in [6, 6.07) is 6.34. The molecule has 0 saturated carbocycles. The number of hydrogen-bond donors (Lipinski definition) is 2. The number of quaternary nitrogens is 1. The first-order valence-electron chi connectivity index (χ1n) is 9.78. The number of hydrogen-bond acceptors (Lipinski definition) is 6. The van der Waals surface area contributed by atoms with Crippen molar-refractivity contribution in [1.29, 1.82) is 0 Å². The lowest BCUT2D eigenvalue weighted by Crippen LogP contribution is -3.06. The van der Waals surface area contributed by atoms with E-state index >= 15 is 0 Å². The van der Waals surface area contributed by atoms with Crippen LogP contribution in [0.3, 0.4) is 0 Å². The number of carbonyl (C=O) groups excluding carboxylic acids is 1. The van der Waals surface area contributed by atoms with Crippen molar-refractivity contribution in [3.8, 4) is 0 Å². The minimum Gasteiger partial charge on any atom is -0.331 e. The maximum Gasteiger partial charge on any atom is 0.292 e. The summed E-state index contributed by atoms with van der Waals surface area (Å²) in [5, 5.41) is 23.2. The number of amides is 1. The summed E-state index contributed by atoms with van der Waals surface area (Å²) in [5.41, 5.74) is 0.0671. The molecule has 1 aromatic heterocycles. The van der Waals surface area contributed by atoms with Crippen molar-refractivity contribution in [2.24, 2.45) is 0 Å². The van der Waals surface area contributed by atoms with Gasteiger partial charge in [-0.25, -0.2) is 0 Å². The zero-order valence-electron chi connectivity index (χ0n) is 17.3. The predicted octanol–water partition coefficient (Wildman–Crippen LogP) is 2.31. The fourth-order valence-corrected chi connectivity index (χ4v) is 3.87. The molecule has 1 heterocycles. The molecule has 2 aromatic rings. The molecule has 2 rings (SSSR count). The van der Waals surface area contributed by atoms with Crippen LogP contribution in [-0.4, -0.2) is 45.4 Å². The van der Waals surface area contributed by atoms with Crippen LogP contribution in [0.4, 0.5) is 11.4 Å². The van der Waals surface area contributed by atoms with Gasteiger partial charge < -0.3 is 14.8 Å². The number of carbonyl (C=O) groups is 1. The summed E-state index contributed by atoms with van der Waals surface area (Å²) in [6.07, 6.45) is 2.99. The van der Waals surface area contributed by atoms with Gasteiger partial charge in [-0.3, -0.25) is 14.9 Å². The number of unbranched alkanes of at least 4 members (excludes halogenated alkanes) is 1. The Labute approximate surface area is 175 Å². The summed E-state index contributed by atoms with van der Waals surface area (Å²) in [6.45, 7) is 5.06. The highest BCUT2D eigenvalue weighted by molar-refractivity contribution is 7.99. The van der Waals surface area contributed by atoms with Gasteiger partial charge in [-0.1, -0.05) is 44.2 Å². The molecule has 0 aliphatic carbocycles. The standard InChI is InChI=1S/C19H28N6O3S/c1-5-7-12-24-18(15(6-2)23(3)4)21-22-19(24)29-13-17(26)20-14-10-8-9-11-16(14)25(27)28/h8-11,15H,5-7,12-13H2,1-4H3,(H,20,26)/p+1/t15-/m1/s1. The average Bonchev–Trinajstić information content (AvgIpc) is 3.07. The molecular weight excluding hydrogens is 392 g/mol. The molecule has 0 bridgehead atoms. The van der Waals surface area contributed by atoms with Crippen molar-refractivity contribution in [3.63, 3.8) is 0 Å². The number of rotatable bonds is 11. The van der Waals surface area contributed by atoms with Gasteiger partial charge in [0.1, 0.15) is 11.7 Å². The van der Waals surface area contributed by atoms with E-state index in [4.69, 9.17) is 0 Å². The van der Waals surface area contributed by atoms with Crippen molar-refractivity contribution in [3.05, 3.63) is 40.2 Å². The summed E-state index contributed by atoms with van der Waals surface area (Å²) >= 11 is 1.30. The Morgan fingerprint density at radius 3 is 2.66 bits per heavy atom. The molecule has 1 atom stereocenters. The maximum atomic E-state index is 12.4. The largest absolute Gasteiger partial charge is 0.331 e. The maximum absolute atomic E-state index is 12.4. The Bertz CT molecular complexity index is 839. The van der Waals surface area contributed by atoms with Crippen LogP contribution >= 0.6 is 11.8 Å². The smallest absolute Gasteiger partial charge is 0.292 e. The van der Waals surface area contributed by atoms with E-state index in [1.165, 1.54) is 28.8 Å². The van der Waals surface area contributed by atoms with Crippen molar-refractivity contribution < 1.29 is 14.6 Å². The first-order chi connectivity index (χ1) is 13.9.